The molecule has 1 N–H and O–H groups in total. The van der Waals surface area contributed by atoms with Gasteiger partial charge in [-0.05, 0) is 13.8 Å². The zero-order valence-electron chi connectivity index (χ0n) is 11.2. The summed E-state index contributed by atoms with van der Waals surface area (Å²) in [5, 5.41) is 4.69. The fourth-order valence-electron chi connectivity index (χ4n) is 1.91. The van der Waals surface area contributed by atoms with Gasteiger partial charge in [-0.15, -0.1) is 11.3 Å². The first-order valence-electron chi connectivity index (χ1n) is 6.13. The van der Waals surface area contributed by atoms with Crippen molar-refractivity contribution in [2.45, 2.75) is 32.9 Å². The van der Waals surface area contributed by atoms with Crippen molar-refractivity contribution in [2.24, 2.45) is 0 Å². The largest absolute Gasteiger partial charge is 0.375 e. The van der Waals surface area contributed by atoms with Crippen LogP contribution in [0, 0.1) is 0 Å². The molecule has 2 heterocycles. The van der Waals surface area contributed by atoms with Crippen LogP contribution in [0.5, 0.6) is 0 Å². The Kier molecular flexibility index (Phi) is 4.16. The zero-order valence-corrected chi connectivity index (χ0v) is 12.0. The monoisotopic (exact) mass is 283 g/mol. The first-order chi connectivity index (χ1) is 8.97. The molecule has 0 radical (unpaired) electrons. The van der Waals surface area contributed by atoms with Crippen molar-refractivity contribution < 1.29 is 14.3 Å². The molecule has 2 unspecified atom stereocenters. The second-order valence-electron chi connectivity index (χ2n) is 4.67. The molecule has 0 saturated carbocycles. The Morgan fingerprint density at radius 3 is 2.95 bits per heavy atom. The van der Waals surface area contributed by atoms with Crippen LogP contribution in [0.25, 0.3) is 0 Å². The van der Waals surface area contributed by atoms with Gasteiger partial charge in [0.2, 0.25) is 5.91 Å². The van der Waals surface area contributed by atoms with Gasteiger partial charge in [-0.25, -0.2) is 4.98 Å². The average Bonchev–Trinajstić information content (AvgIpc) is 2.79. The van der Waals surface area contributed by atoms with E-state index in [1.807, 2.05) is 13.8 Å². The molecule has 2 atom stereocenters. The molecule has 7 heteroatoms. The van der Waals surface area contributed by atoms with Crippen LogP contribution in [0.2, 0.25) is 0 Å². The number of nitrogens with one attached hydrogen (secondary N) is 1. The number of rotatable bonds is 2. The van der Waals surface area contributed by atoms with Crippen LogP contribution in [0.15, 0.2) is 5.38 Å². The standard InChI is InChI=1S/C12H17N3O3S/c1-7-5-18-8(2)4-15(7)11(17)10-6-19-12(14-10)13-9(3)16/h6-8H,4-5H2,1-3H3,(H,13,14,16). The van der Waals surface area contributed by atoms with Crippen LogP contribution in [0.3, 0.4) is 0 Å². The molecule has 19 heavy (non-hydrogen) atoms. The minimum Gasteiger partial charge on any atom is -0.375 e. The highest BCUT2D eigenvalue weighted by Crippen LogP contribution is 2.19. The number of anilines is 1. The van der Waals surface area contributed by atoms with Crippen molar-refractivity contribution >= 4 is 28.3 Å². The van der Waals surface area contributed by atoms with E-state index >= 15 is 0 Å². The van der Waals surface area contributed by atoms with Gasteiger partial charge in [-0.1, -0.05) is 0 Å². The minimum atomic E-state index is -0.193. The first-order valence-corrected chi connectivity index (χ1v) is 7.01. The Balaban J connectivity index is 2.10. The third-order valence-electron chi connectivity index (χ3n) is 2.87. The molecule has 1 aliphatic rings. The van der Waals surface area contributed by atoms with Gasteiger partial charge in [0.05, 0.1) is 18.8 Å². The van der Waals surface area contributed by atoms with Gasteiger partial charge in [0, 0.05) is 18.8 Å². The van der Waals surface area contributed by atoms with Crippen molar-refractivity contribution in [2.75, 3.05) is 18.5 Å². The van der Waals surface area contributed by atoms with Crippen LogP contribution >= 0.6 is 11.3 Å². The van der Waals surface area contributed by atoms with E-state index in [2.05, 4.69) is 10.3 Å². The molecule has 1 aromatic heterocycles. The van der Waals surface area contributed by atoms with E-state index in [4.69, 9.17) is 4.74 Å². The number of thiazole rings is 1. The van der Waals surface area contributed by atoms with Crippen LogP contribution in [-0.4, -0.2) is 47.0 Å². The maximum Gasteiger partial charge on any atom is 0.273 e. The van der Waals surface area contributed by atoms with Gasteiger partial charge in [0.25, 0.3) is 5.91 Å². The molecule has 0 aliphatic carbocycles. The number of morpholine rings is 1. The summed E-state index contributed by atoms with van der Waals surface area (Å²) in [6.07, 6.45) is 0.0357. The number of amides is 2. The molecule has 6 nitrogen and oxygen atoms in total. The van der Waals surface area contributed by atoms with Gasteiger partial charge >= 0.3 is 0 Å². The predicted molar refractivity (Wildman–Crippen MR) is 72.3 cm³/mol. The maximum atomic E-state index is 12.4. The number of aromatic nitrogens is 1. The van der Waals surface area contributed by atoms with E-state index in [1.54, 1.807) is 10.3 Å². The third-order valence-corrected chi connectivity index (χ3v) is 3.63. The Bertz CT molecular complexity index is 488. The number of carbonyl (C=O) groups is 2. The van der Waals surface area contributed by atoms with E-state index < -0.39 is 0 Å². The Labute approximate surface area is 115 Å². The van der Waals surface area contributed by atoms with Gasteiger partial charge < -0.3 is 15.0 Å². The quantitative estimate of drug-likeness (QED) is 0.889. The summed E-state index contributed by atoms with van der Waals surface area (Å²) < 4.78 is 5.50. The smallest absolute Gasteiger partial charge is 0.273 e. The van der Waals surface area contributed by atoms with Crippen molar-refractivity contribution in [3.05, 3.63) is 11.1 Å². The zero-order chi connectivity index (χ0) is 14.0. The molecule has 2 rings (SSSR count). The lowest BCUT2D eigenvalue weighted by Crippen LogP contribution is -2.50. The molecule has 0 bridgehead atoms. The van der Waals surface area contributed by atoms with E-state index in [1.165, 1.54) is 18.3 Å². The highest BCUT2D eigenvalue weighted by Gasteiger charge is 2.29. The molecular formula is C12H17N3O3S. The predicted octanol–water partition coefficient (Wildman–Crippen LogP) is 1.35. The van der Waals surface area contributed by atoms with Crippen LogP contribution in [0.4, 0.5) is 5.13 Å². The van der Waals surface area contributed by atoms with Gasteiger partial charge in [-0.2, -0.15) is 0 Å². The second-order valence-corrected chi connectivity index (χ2v) is 5.53. The highest BCUT2D eigenvalue weighted by atomic mass is 32.1. The summed E-state index contributed by atoms with van der Waals surface area (Å²) in [6.45, 7) is 6.40. The lowest BCUT2D eigenvalue weighted by atomic mass is 10.2. The van der Waals surface area contributed by atoms with E-state index in [9.17, 15) is 9.59 Å². The molecule has 1 saturated heterocycles. The molecule has 0 aromatic carbocycles. The van der Waals surface area contributed by atoms with Crippen molar-refractivity contribution in [3.63, 3.8) is 0 Å². The molecular weight excluding hydrogens is 266 g/mol. The van der Waals surface area contributed by atoms with Crippen LogP contribution in [0.1, 0.15) is 31.3 Å². The number of nitrogens with zero attached hydrogens (tertiary/aromatic N) is 2. The maximum absolute atomic E-state index is 12.4. The Hall–Kier alpha value is -1.47. The third kappa shape index (κ3) is 3.30. The average molecular weight is 283 g/mol. The fourth-order valence-corrected chi connectivity index (χ4v) is 2.64. The fraction of sp³-hybridized carbons (Fsp3) is 0.583. The van der Waals surface area contributed by atoms with Crippen LogP contribution in [-0.2, 0) is 9.53 Å². The molecule has 2 amide bonds. The van der Waals surface area contributed by atoms with Crippen molar-refractivity contribution in [1.29, 1.82) is 0 Å². The van der Waals surface area contributed by atoms with E-state index in [0.29, 0.717) is 24.0 Å². The van der Waals surface area contributed by atoms with E-state index in [0.717, 1.165) is 0 Å². The van der Waals surface area contributed by atoms with Crippen molar-refractivity contribution in [1.82, 2.24) is 9.88 Å². The summed E-state index contributed by atoms with van der Waals surface area (Å²) in [4.78, 5) is 29.2. The topological polar surface area (TPSA) is 71.5 Å². The summed E-state index contributed by atoms with van der Waals surface area (Å²) in [5.41, 5.74) is 0.370. The lowest BCUT2D eigenvalue weighted by molar-refractivity contribution is -0.114. The van der Waals surface area contributed by atoms with Gasteiger partial charge in [0.15, 0.2) is 5.13 Å². The highest BCUT2D eigenvalue weighted by molar-refractivity contribution is 7.14. The van der Waals surface area contributed by atoms with Crippen molar-refractivity contribution in [3.8, 4) is 0 Å². The van der Waals surface area contributed by atoms with E-state index in [-0.39, 0.29) is 24.0 Å². The number of ether oxygens (including phenoxy) is 1. The normalized spacial score (nSPS) is 23.2. The summed E-state index contributed by atoms with van der Waals surface area (Å²) in [7, 11) is 0. The lowest BCUT2D eigenvalue weighted by Gasteiger charge is -2.36. The molecule has 1 aliphatic heterocycles. The molecule has 104 valence electrons. The minimum absolute atomic E-state index is 0.0357. The SMILES string of the molecule is CC(=O)Nc1nc(C(=O)N2CC(C)OCC2C)cs1. The van der Waals surface area contributed by atoms with Gasteiger partial charge in [0.1, 0.15) is 5.69 Å². The summed E-state index contributed by atoms with van der Waals surface area (Å²) in [5.74, 6) is -0.308. The molecule has 1 fully saturated rings. The number of hydrogen-bond donors (Lipinski definition) is 1. The molecule has 1 aromatic rings. The summed E-state index contributed by atoms with van der Waals surface area (Å²) >= 11 is 1.25. The van der Waals surface area contributed by atoms with Gasteiger partial charge in [-0.3, -0.25) is 9.59 Å². The van der Waals surface area contributed by atoms with Crippen LogP contribution < -0.4 is 5.32 Å². The Morgan fingerprint density at radius 1 is 1.53 bits per heavy atom. The second kappa shape index (κ2) is 5.66. The number of carbonyl (C=O) groups excluding carboxylic acids is 2. The Morgan fingerprint density at radius 2 is 2.26 bits per heavy atom. The summed E-state index contributed by atoms with van der Waals surface area (Å²) in [6, 6.07) is 0.0367. The molecule has 0 spiro atoms. The first kappa shape index (κ1) is 14.0. The number of hydrogen-bond acceptors (Lipinski definition) is 5.